The summed E-state index contributed by atoms with van der Waals surface area (Å²) in [6.45, 7) is 0.813. The van der Waals surface area contributed by atoms with E-state index in [1.54, 1.807) is 0 Å². The molecule has 0 spiro atoms. The zero-order chi connectivity index (χ0) is 9.97. The van der Waals surface area contributed by atoms with E-state index in [4.69, 9.17) is 9.84 Å². The summed E-state index contributed by atoms with van der Waals surface area (Å²) in [7, 11) is 0. The van der Waals surface area contributed by atoms with Crippen LogP contribution < -0.4 is 0 Å². The lowest BCUT2D eigenvalue weighted by Gasteiger charge is -2.09. The molecule has 0 radical (unpaired) electrons. The van der Waals surface area contributed by atoms with Gasteiger partial charge in [-0.05, 0) is 11.1 Å². The van der Waals surface area contributed by atoms with E-state index >= 15 is 0 Å². The average Bonchev–Trinajstić information content (AvgIpc) is 3.02. The van der Waals surface area contributed by atoms with Gasteiger partial charge in [-0.25, -0.2) is 0 Å². The molecule has 76 valence electrons. The molecule has 0 aromatic heterocycles. The van der Waals surface area contributed by atoms with Crippen molar-refractivity contribution >= 4 is 0 Å². The standard InChI is InChI=1S/C11H14O3/c12-6-8-1-3-9(4-2-8)11(13)5-10-7-14-10/h1-4,10-13H,5-7H2/t10?,11-/m1/s1. The van der Waals surface area contributed by atoms with Gasteiger partial charge in [-0.15, -0.1) is 0 Å². The Kier molecular flexibility index (Phi) is 2.82. The van der Waals surface area contributed by atoms with Gasteiger partial charge < -0.3 is 14.9 Å². The Bertz CT molecular complexity index is 290. The molecule has 0 bridgehead atoms. The lowest BCUT2D eigenvalue weighted by molar-refractivity contribution is 0.154. The molecule has 3 nitrogen and oxygen atoms in total. The summed E-state index contributed by atoms with van der Waals surface area (Å²) in [5.74, 6) is 0. The van der Waals surface area contributed by atoms with Crippen LogP contribution in [0, 0.1) is 0 Å². The third-order valence-corrected chi connectivity index (χ3v) is 2.44. The second-order valence-electron chi connectivity index (χ2n) is 3.61. The lowest BCUT2D eigenvalue weighted by Crippen LogP contribution is -2.01. The summed E-state index contributed by atoms with van der Waals surface area (Å²) in [4.78, 5) is 0. The van der Waals surface area contributed by atoms with Crippen LogP contribution in [0.3, 0.4) is 0 Å². The van der Waals surface area contributed by atoms with Crippen molar-refractivity contribution in [3.05, 3.63) is 35.4 Å². The highest BCUT2D eigenvalue weighted by atomic mass is 16.6. The first-order chi connectivity index (χ1) is 6.79. The summed E-state index contributed by atoms with van der Waals surface area (Å²) in [6.07, 6.45) is 0.455. The van der Waals surface area contributed by atoms with Crippen LogP contribution >= 0.6 is 0 Å². The van der Waals surface area contributed by atoms with E-state index in [9.17, 15) is 5.11 Å². The second-order valence-corrected chi connectivity index (χ2v) is 3.61. The monoisotopic (exact) mass is 194 g/mol. The molecular weight excluding hydrogens is 180 g/mol. The van der Waals surface area contributed by atoms with E-state index in [2.05, 4.69) is 0 Å². The van der Waals surface area contributed by atoms with Crippen LogP contribution in [0.25, 0.3) is 0 Å². The fraction of sp³-hybridized carbons (Fsp3) is 0.455. The SMILES string of the molecule is OCc1ccc([C@H](O)CC2CO2)cc1. The van der Waals surface area contributed by atoms with Gasteiger partial charge in [0.15, 0.2) is 0 Å². The van der Waals surface area contributed by atoms with Crippen LogP contribution in [0.2, 0.25) is 0 Å². The molecule has 3 heteroatoms. The van der Waals surface area contributed by atoms with Gasteiger partial charge >= 0.3 is 0 Å². The number of hydrogen-bond donors (Lipinski definition) is 2. The van der Waals surface area contributed by atoms with Crippen molar-refractivity contribution in [1.82, 2.24) is 0 Å². The molecule has 14 heavy (non-hydrogen) atoms. The summed E-state index contributed by atoms with van der Waals surface area (Å²) in [6, 6.07) is 7.34. The van der Waals surface area contributed by atoms with Crippen molar-refractivity contribution in [3.8, 4) is 0 Å². The number of epoxide rings is 1. The van der Waals surface area contributed by atoms with Crippen LogP contribution in [0.1, 0.15) is 23.7 Å². The summed E-state index contributed by atoms with van der Waals surface area (Å²) >= 11 is 0. The fourth-order valence-electron chi connectivity index (χ4n) is 1.43. The summed E-state index contributed by atoms with van der Waals surface area (Å²) in [5, 5.41) is 18.6. The molecule has 0 amide bonds. The van der Waals surface area contributed by atoms with Crippen molar-refractivity contribution in [2.24, 2.45) is 0 Å². The molecule has 1 unspecified atom stereocenters. The number of aliphatic hydroxyl groups excluding tert-OH is 2. The Labute approximate surface area is 83.0 Å². The second kappa shape index (κ2) is 4.09. The highest BCUT2D eigenvalue weighted by Crippen LogP contribution is 2.25. The van der Waals surface area contributed by atoms with E-state index in [0.29, 0.717) is 6.42 Å². The van der Waals surface area contributed by atoms with Gasteiger partial charge in [-0.1, -0.05) is 24.3 Å². The van der Waals surface area contributed by atoms with Crippen molar-refractivity contribution in [1.29, 1.82) is 0 Å². The molecule has 1 aromatic rings. The Hall–Kier alpha value is -0.900. The molecular formula is C11H14O3. The Morgan fingerprint density at radius 2 is 2.00 bits per heavy atom. The molecule has 1 aliphatic rings. The maximum atomic E-state index is 9.75. The highest BCUT2D eigenvalue weighted by Gasteiger charge is 2.26. The molecule has 1 saturated heterocycles. The summed E-state index contributed by atoms with van der Waals surface area (Å²) in [5.41, 5.74) is 1.75. The third-order valence-electron chi connectivity index (χ3n) is 2.44. The molecule has 1 aliphatic heterocycles. The molecule has 1 heterocycles. The fourth-order valence-corrected chi connectivity index (χ4v) is 1.43. The van der Waals surface area contributed by atoms with Crippen molar-refractivity contribution in [2.75, 3.05) is 6.61 Å². The minimum Gasteiger partial charge on any atom is -0.392 e. The molecule has 0 aliphatic carbocycles. The third kappa shape index (κ3) is 2.32. The molecule has 1 aromatic carbocycles. The maximum absolute atomic E-state index is 9.75. The summed E-state index contributed by atoms with van der Waals surface area (Å²) < 4.78 is 5.05. The first-order valence-corrected chi connectivity index (χ1v) is 4.79. The predicted octanol–water partition coefficient (Wildman–Crippen LogP) is 1.00. The smallest absolute Gasteiger partial charge is 0.0837 e. The van der Waals surface area contributed by atoms with Crippen LogP contribution in [-0.4, -0.2) is 22.9 Å². The number of hydrogen-bond acceptors (Lipinski definition) is 3. The van der Waals surface area contributed by atoms with E-state index in [1.165, 1.54) is 0 Å². The molecule has 2 N–H and O–H groups in total. The van der Waals surface area contributed by atoms with E-state index in [0.717, 1.165) is 17.7 Å². The number of rotatable bonds is 4. The van der Waals surface area contributed by atoms with Crippen molar-refractivity contribution in [3.63, 3.8) is 0 Å². The largest absolute Gasteiger partial charge is 0.392 e. The normalized spacial score (nSPS) is 22.0. The van der Waals surface area contributed by atoms with Gasteiger partial charge in [-0.3, -0.25) is 0 Å². The number of aliphatic hydroxyl groups is 2. The van der Waals surface area contributed by atoms with Gasteiger partial charge in [0, 0.05) is 6.42 Å². The van der Waals surface area contributed by atoms with E-state index < -0.39 is 6.10 Å². The van der Waals surface area contributed by atoms with E-state index in [-0.39, 0.29) is 12.7 Å². The topological polar surface area (TPSA) is 53.0 Å². The number of benzene rings is 1. The van der Waals surface area contributed by atoms with Gasteiger partial charge in [0.25, 0.3) is 0 Å². The minimum absolute atomic E-state index is 0.0438. The maximum Gasteiger partial charge on any atom is 0.0837 e. The zero-order valence-corrected chi connectivity index (χ0v) is 7.89. The molecule has 0 saturated carbocycles. The van der Waals surface area contributed by atoms with Gasteiger partial charge in [0.2, 0.25) is 0 Å². The Morgan fingerprint density at radius 3 is 2.50 bits per heavy atom. The molecule has 1 fully saturated rings. The Balaban J connectivity index is 1.99. The van der Waals surface area contributed by atoms with Crippen molar-refractivity contribution in [2.45, 2.75) is 25.2 Å². The van der Waals surface area contributed by atoms with Gasteiger partial charge in [-0.2, -0.15) is 0 Å². The first-order valence-electron chi connectivity index (χ1n) is 4.79. The zero-order valence-electron chi connectivity index (χ0n) is 7.89. The minimum atomic E-state index is -0.449. The quantitative estimate of drug-likeness (QED) is 0.703. The van der Waals surface area contributed by atoms with Crippen LogP contribution in [-0.2, 0) is 11.3 Å². The number of ether oxygens (including phenoxy) is 1. The average molecular weight is 194 g/mol. The van der Waals surface area contributed by atoms with Gasteiger partial charge in [0.05, 0.1) is 25.4 Å². The molecule has 2 rings (SSSR count). The van der Waals surface area contributed by atoms with E-state index in [1.807, 2.05) is 24.3 Å². The highest BCUT2D eigenvalue weighted by molar-refractivity contribution is 5.23. The van der Waals surface area contributed by atoms with Crippen LogP contribution in [0.4, 0.5) is 0 Å². The molecule has 2 atom stereocenters. The van der Waals surface area contributed by atoms with Gasteiger partial charge in [0.1, 0.15) is 0 Å². The van der Waals surface area contributed by atoms with Crippen molar-refractivity contribution < 1.29 is 14.9 Å². The van der Waals surface area contributed by atoms with Crippen LogP contribution in [0.15, 0.2) is 24.3 Å². The Morgan fingerprint density at radius 1 is 1.36 bits per heavy atom. The first kappa shape index (κ1) is 9.65. The predicted molar refractivity (Wildman–Crippen MR) is 51.7 cm³/mol. The lowest BCUT2D eigenvalue weighted by atomic mass is 10.0. The van der Waals surface area contributed by atoms with Crippen LogP contribution in [0.5, 0.6) is 0 Å².